The van der Waals surface area contributed by atoms with Gasteiger partial charge in [0, 0.05) is 6.42 Å². The molecule has 0 aromatic heterocycles. The molecule has 0 rings (SSSR count). The van der Waals surface area contributed by atoms with Gasteiger partial charge in [0.05, 0.1) is 39.9 Å². The maximum atomic E-state index is 12.8. The van der Waals surface area contributed by atoms with Crippen molar-refractivity contribution in [1.82, 2.24) is 5.32 Å². The summed E-state index contributed by atoms with van der Waals surface area (Å²) in [4.78, 5) is 25.3. The van der Waals surface area contributed by atoms with Gasteiger partial charge in [-0.2, -0.15) is 0 Å². The van der Waals surface area contributed by atoms with Crippen molar-refractivity contribution in [2.45, 2.75) is 309 Å². The predicted molar refractivity (Wildman–Crippen MR) is 293 cm³/mol. The molecular formula is C59H117N2O6P. The average molecular weight is 982 g/mol. The number of phosphoric acid groups is 1. The van der Waals surface area contributed by atoms with Crippen molar-refractivity contribution in [3.63, 3.8) is 0 Å². The summed E-state index contributed by atoms with van der Waals surface area (Å²) in [5.74, 6) is -0.197. The van der Waals surface area contributed by atoms with Crippen molar-refractivity contribution in [3.8, 4) is 0 Å². The Kier molecular flexibility index (Phi) is 50.1. The van der Waals surface area contributed by atoms with E-state index >= 15 is 0 Å². The van der Waals surface area contributed by atoms with Crippen LogP contribution in [-0.2, 0) is 18.4 Å². The lowest BCUT2D eigenvalue weighted by Crippen LogP contribution is -2.45. The van der Waals surface area contributed by atoms with E-state index in [1.165, 1.54) is 238 Å². The number of aliphatic hydroxyl groups is 1. The van der Waals surface area contributed by atoms with Crippen molar-refractivity contribution in [2.75, 3.05) is 40.9 Å². The molecule has 0 aliphatic carbocycles. The quantitative estimate of drug-likeness (QED) is 0.0272. The Labute approximate surface area is 424 Å². The maximum absolute atomic E-state index is 12.8. The van der Waals surface area contributed by atoms with Gasteiger partial charge in [-0.05, 0) is 44.9 Å². The summed E-state index contributed by atoms with van der Waals surface area (Å²) in [6.45, 7) is 4.61. The Morgan fingerprint density at radius 3 is 1.15 bits per heavy atom. The molecule has 0 saturated heterocycles. The minimum Gasteiger partial charge on any atom is -0.756 e. The Morgan fingerprint density at radius 1 is 0.500 bits per heavy atom. The molecule has 0 bridgehead atoms. The van der Waals surface area contributed by atoms with Crippen molar-refractivity contribution >= 4 is 13.7 Å². The molecule has 0 aromatic carbocycles. The van der Waals surface area contributed by atoms with Crippen LogP contribution in [0.15, 0.2) is 24.3 Å². The Hall–Kier alpha value is -1.02. The van der Waals surface area contributed by atoms with E-state index in [9.17, 15) is 19.4 Å². The summed E-state index contributed by atoms with van der Waals surface area (Å²) in [5, 5.41) is 13.7. The molecule has 0 radical (unpaired) electrons. The van der Waals surface area contributed by atoms with Gasteiger partial charge in [-0.3, -0.25) is 9.36 Å². The SMILES string of the molecule is CCCCCCC/C=C/C(O)C(COP(=O)([O-])OCC[N+](C)(C)C)NC(=O)CCCCCCCCCCCCCCCCCCCCCCCCCCCCC/C=C\CCCCCCCCCC. The summed E-state index contributed by atoms with van der Waals surface area (Å²) >= 11 is 0. The summed E-state index contributed by atoms with van der Waals surface area (Å²) < 4.78 is 23.1. The molecule has 0 heterocycles. The summed E-state index contributed by atoms with van der Waals surface area (Å²) in [7, 11) is 1.27. The first-order valence-corrected chi connectivity index (χ1v) is 31.2. The molecule has 68 heavy (non-hydrogen) atoms. The maximum Gasteiger partial charge on any atom is 0.268 e. The Balaban J connectivity index is 3.71. The standard InChI is InChI=1S/C59H117N2O6P/c1-6-8-10-12-14-15-16-17-18-19-20-21-22-23-24-25-26-27-28-29-30-31-32-33-34-35-36-37-38-39-40-41-42-43-44-45-47-49-51-53-59(63)60-57(58(62)52-50-48-46-13-11-9-7-2)56-67-68(64,65)66-55-54-61(3,4)5/h19-20,50,52,57-58,62H,6-18,21-49,51,53-56H2,1-5H3,(H-,60,63,64,65)/b20-19-,52-50+. The zero-order valence-electron chi connectivity index (χ0n) is 46.1. The van der Waals surface area contributed by atoms with Crippen LogP contribution in [0.3, 0.4) is 0 Å². The molecule has 3 unspecified atom stereocenters. The van der Waals surface area contributed by atoms with Crippen LogP contribution in [0.5, 0.6) is 0 Å². The summed E-state index contributed by atoms with van der Waals surface area (Å²) in [6.07, 6.45) is 64.7. The first-order valence-electron chi connectivity index (χ1n) is 29.7. The number of carbonyl (C=O) groups excluding carboxylic acids is 1. The van der Waals surface area contributed by atoms with Gasteiger partial charge in [0.25, 0.3) is 7.82 Å². The second-order valence-corrected chi connectivity index (χ2v) is 23.1. The number of hydrogen-bond donors (Lipinski definition) is 2. The normalized spacial score (nSPS) is 14.0. The number of allylic oxidation sites excluding steroid dienone is 3. The molecule has 0 saturated carbocycles. The van der Waals surface area contributed by atoms with Crippen LogP contribution >= 0.6 is 7.82 Å². The van der Waals surface area contributed by atoms with Crippen LogP contribution in [0.4, 0.5) is 0 Å². The molecule has 404 valence electrons. The van der Waals surface area contributed by atoms with Gasteiger partial charge >= 0.3 is 0 Å². The monoisotopic (exact) mass is 981 g/mol. The van der Waals surface area contributed by atoms with E-state index in [4.69, 9.17) is 9.05 Å². The molecule has 0 aliphatic rings. The number of unbranched alkanes of at least 4 members (excludes halogenated alkanes) is 40. The van der Waals surface area contributed by atoms with E-state index in [-0.39, 0.29) is 19.1 Å². The second kappa shape index (κ2) is 50.9. The fourth-order valence-corrected chi connectivity index (χ4v) is 9.70. The largest absolute Gasteiger partial charge is 0.756 e. The number of hydrogen-bond acceptors (Lipinski definition) is 6. The van der Waals surface area contributed by atoms with Crippen LogP contribution in [0.1, 0.15) is 296 Å². The average Bonchev–Trinajstić information content (AvgIpc) is 3.30. The van der Waals surface area contributed by atoms with E-state index in [0.29, 0.717) is 17.4 Å². The van der Waals surface area contributed by atoms with E-state index in [0.717, 1.165) is 38.5 Å². The lowest BCUT2D eigenvalue weighted by molar-refractivity contribution is -0.870. The van der Waals surface area contributed by atoms with E-state index in [1.54, 1.807) is 6.08 Å². The molecule has 0 aromatic rings. The van der Waals surface area contributed by atoms with Crippen LogP contribution < -0.4 is 10.2 Å². The predicted octanol–water partition coefficient (Wildman–Crippen LogP) is 17.4. The number of carbonyl (C=O) groups is 1. The minimum atomic E-state index is -4.58. The first kappa shape index (κ1) is 67.0. The highest BCUT2D eigenvalue weighted by Gasteiger charge is 2.23. The third-order valence-corrected chi connectivity index (χ3v) is 14.6. The number of phosphoric ester groups is 1. The fraction of sp³-hybridized carbons (Fsp3) is 0.915. The highest BCUT2D eigenvalue weighted by atomic mass is 31.2. The third-order valence-electron chi connectivity index (χ3n) is 13.7. The molecule has 0 aliphatic heterocycles. The van der Waals surface area contributed by atoms with Gasteiger partial charge < -0.3 is 28.8 Å². The lowest BCUT2D eigenvalue weighted by atomic mass is 10.0. The van der Waals surface area contributed by atoms with Gasteiger partial charge in [0.15, 0.2) is 0 Å². The number of nitrogens with one attached hydrogen (secondary N) is 1. The molecule has 1 amide bonds. The molecule has 0 fully saturated rings. The van der Waals surface area contributed by atoms with Gasteiger partial charge in [0.2, 0.25) is 5.91 Å². The molecule has 3 atom stereocenters. The topological polar surface area (TPSA) is 108 Å². The molecule has 9 heteroatoms. The third kappa shape index (κ3) is 52.8. The van der Waals surface area contributed by atoms with Crippen LogP contribution in [0.25, 0.3) is 0 Å². The van der Waals surface area contributed by atoms with Gasteiger partial charge in [-0.25, -0.2) is 0 Å². The van der Waals surface area contributed by atoms with Crippen molar-refractivity contribution < 1.29 is 32.9 Å². The second-order valence-electron chi connectivity index (χ2n) is 21.7. The van der Waals surface area contributed by atoms with Gasteiger partial charge in [0.1, 0.15) is 13.2 Å². The number of amides is 1. The van der Waals surface area contributed by atoms with Crippen molar-refractivity contribution in [2.24, 2.45) is 0 Å². The fourth-order valence-electron chi connectivity index (χ4n) is 8.97. The number of nitrogens with zero attached hydrogens (tertiary/aromatic N) is 1. The smallest absolute Gasteiger partial charge is 0.268 e. The van der Waals surface area contributed by atoms with E-state index < -0.39 is 20.0 Å². The number of aliphatic hydroxyl groups excluding tert-OH is 1. The van der Waals surface area contributed by atoms with Crippen molar-refractivity contribution in [1.29, 1.82) is 0 Å². The minimum absolute atomic E-state index is 0.000894. The molecule has 2 N–H and O–H groups in total. The van der Waals surface area contributed by atoms with E-state index in [1.807, 2.05) is 27.2 Å². The number of likely N-dealkylation sites (N-methyl/N-ethyl adjacent to an activating group) is 1. The first-order chi connectivity index (χ1) is 33.0. The van der Waals surface area contributed by atoms with Gasteiger partial charge in [-0.15, -0.1) is 0 Å². The number of rotatable bonds is 55. The van der Waals surface area contributed by atoms with Crippen LogP contribution in [0.2, 0.25) is 0 Å². The Bertz CT molecular complexity index is 1160. The highest BCUT2D eigenvalue weighted by molar-refractivity contribution is 7.45. The summed E-state index contributed by atoms with van der Waals surface area (Å²) in [5.41, 5.74) is 0. The highest BCUT2D eigenvalue weighted by Crippen LogP contribution is 2.38. The zero-order valence-corrected chi connectivity index (χ0v) is 47.0. The zero-order chi connectivity index (χ0) is 49.9. The van der Waals surface area contributed by atoms with Crippen LogP contribution in [0, 0.1) is 0 Å². The number of quaternary nitrogens is 1. The summed E-state index contributed by atoms with van der Waals surface area (Å²) in [6, 6.07) is -0.880. The Morgan fingerprint density at radius 2 is 0.809 bits per heavy atom. The molecule has 8 nitrogen and oxygen atoms in total. The van der Waals surface area contributed by atoms with E-state index in [2.05, 4.69) is 31.3 Å². The van der Waals surface area contributed by atoms with Crippen LogP contribution in [-0.4, -0.2) is 68.5 Å². The lowest BCUT2D eigenvalue weighted by Gasteiger charge is -2.29. The van der Waals surface area contributed by atoms with Crippen molar-refractivity contribution in [3.05, 3.63) is 24.3 Å². The molecule has 0 spiro atoms. The van der Waals surface area contributed by atoms with Gasteiger partial charge in [-0.1, -0.05) is 269 Å². The molecular weight excluding hydrogens is 864 g/mol.